The Bertz CT molecular complexity index is 1030. The molecule has 0 fully saturated rings. The molecule has 1 aromatic heterocycles. The molecule has 5 N–H and O–H groups in total. The van der Waals surface area contributed by atoms with Crippen LogP contribution in [0.5, 0.6) is 0 Å². The fourth-order valence-electron chi connectivity index (χ4n) is 1.93. The topological polar surface area (TPSA) is 161 Å². The molecule has 0 saturated carbocycles. The molecule has 0 bridgehead atoms. The number of H-pyrrole nitrogens is 2. The summed E-state index contributed by atoms with van der Waals surface area (Å²) in [7, 11) is 0. The summed E-state index contributed by atoms with van der Waals surface area (Å²) >= 11 is 2.97. The predicted octanol–water partition coefficient (Wildman–Crippen LogP) is -0.203. The molecule has 27 heavy (non-hydrogen) atoms. The number of carboxylic acids is 1. The molecule has 2 aromatic rings. The summed E-state index contributed by atoms with van der Waals surface area (Å²) < 4.78 is -0.0837. The van der Waals surface area contributed by atoms with Gasteiger partial charge in [-0.05, 0) is 34.1 Å². The maximum atomic E-state index is 12.3. The number of carboxylic acid groups (broad SMARTS) is 1. The van der Waals surface area contributed by atoms with E-state index >= 15 is 0 Å². The second kappa shape index (κ2) is 8.76. The van der Waals surface area contributed by atoms with Crippen LogP contribution in [0.25, 0.3) is 6.08 Å². The van der Waals surface area contributed by atoms with Gasteiger partial charge in [-0.1, -0.05) is 18.2 Å². The smallest absolute Gasteiger partial charge is 0.326 e. The van der Waals surface area contributed by atoms with Crippen molar-refractivity contribution in [2.45, 2.75) is 0 Å². The highest BCUT2D eigenvalue weighted by Crippen LogP contribution is 2.11. The zero-order valence-corrected chi connectivity index (χ0v) is 15.1. The Hall–Kier alpha value is -3.47. The van der Waals surface area contributed by atoms with Gasteiger partial charge in [-0.25, -0.2) is 4.79 Å². The number of aliphatic carboxylic acids is 1. The number of benzene rings is 1. The Morgan fingerprint density at radius 2 is 1.78 bits per heavy atom. The van der Waals surface area contributed by atoms with Crippen molar-refractivity contribution in [1.29, 1.82) is 0 Å². The molecule has 0 atom stereocenters. The molecule has 0 aliphatic heterocycles. The third-order valence-corrected chi connectivity index (χ3v) is 3.92. The second-order valence-electron chi connectivity index (χ2n) is 5.09. The average molecular weight is 437 g/mol. The number of carbonyl (C=O) groups excluding carboxylic acids is 2. The Labute approximate surface area is 159 Å². The van der Waals surface area contributed by atoms with Crippen molar-refractivity contribution < 1.29 is 19.5 Å². The maximum absolute atomic E-state index is 12.3. The van der Waals surface area contributed by atoms with Crippen LogP contribution in [0.15, 0.2) is 50.1 Å². The molecule has 140 valence electrons. The number of carbonyl (C=O) groups is 3. The van der Waals surface area contributed by atoms with Gasteiger partial charge in [0.25, 0.3) is 17.4 Å². The number of aromatic amines is 2. The first kappa shape index (κ1) is 19.8. The van der Waals surface area contributed by atoms with Crippen molar-refractivity contribution >= 4 is 39.8 Å². The van der Waals surface area contributed by atoms with E-state index in [1.54, 1.807) is 18.2 Å². The fraction of sp³-hybridized carbons (Fsp3) is 0.0625. The third-order valence-electron chi connectivity index (χ3n) is 3.13. The number of nitrogens with one attached hydrogen (secondary N) is 4. The van der Waals surface area contributed by atoms with Gasteiger partial charge in [0.05, 0.1) is 5.69 Å². The van der Waals surface area contributed by atoms with Gasteiger partial charge < -0.3 is 20.7 Å². The largest absolute Gasteiger partial charge is 0.480 e. The van der Waals surface area contributed by atoms with Gasteiger partial charge in [0.1, 0.15) is 16.7 Å². The molecule has 0 spiro atoms. The van der Waals surface area contributed by atoms with Gasteiger partial charge in [-0.15, -0.1) is 0 Å². The summed E-state index contributed by atoms with van der Waals surface area (Å²) in [6.07, 6.45) is 1.04. The van der Waals surface area contributed by atoms with Crippen molar-refractivity contribution in [3.05, 3.63) is 72.6 Å². The van der Waals surface area contributed by atoms with Gasteiger partial charge in [0, 0.05) is 5.56 Å². The zero-order chi connectivity index (χ0) is 20.0. The lowest BCUT2D eigenvalue weighted by Crippen LogP contribution is -2.37. The van der Waals surface area contributed by atoms with E-state index in [1.165, 1.54) is 12.1 Å². The maximum Gasteiger partial charge on any atom is 0.326 e. The molecule has 1 heterocycles. The van der Waals surface area contributed by atoms with E-state index < -0.39 is 35.6 Å². The summed E-state index contributed by atoms with van der Waals surface area (Å²) in [6.45, 7) is -0.690. The van der Waals surface area contributed by atoms with Crippen LogP contribution in [0.2, 0.25) is 0 Å². The lowest BCUT2D eigenvalue weighted by atomic mass is 10.2. The standard InChI is InChI=1S/C16H13BrN4O6/c17-12-9(20-16(27)21-15(12)26)6-10(14(25)18-7-11(22)23)19-13(24)8-4-2-1-3-5-8/h1-6H,7H2,(H,18,25)(H,19,24)(H,22,23)(H2,20,21,26,27)/b10-6+. The summed E-state index contributed by atoms with van der Waals surface area (Å²) in [5, 5.41) is 13.1. The van der Waals surface area contributed by atoms with Crippen molar-refractivity contribution in [3.63, 3.8) is 0 Å². The van der Waals surface area contributed by atoms with Crippen LogP contribution in [0.4, 0.5) is 0 Å². The number of hydrogen-bond donors (Lipinski definition) is 5. The molecular formula is C16H13BrN4O6. The van der Waals surface area contributed by atoms with E-state index in [9.17, 15) is 24.0 Å². The molecule has 0 unspecified atom stereocenters. The van der Waals surface area contributed by atoms with Crippen molar-refractivity contribution in [3.8, 4) is 0 Å². The van der Waals surface area contributed by atoms with Crippen molar-refractivity contribution in [2.24, 2.45) is 0 Å². The highest BCUT2D eigenvalue weighted by atomic mass is 79.9. The number of hydrogen-bond acceptors (Lipinski definition) is 5. The molecule has 1 aromatic carbocycles. The van der Waals surface area contributed by atoms with E-state index in [1.807, 2.05) is 4.98 Å². The molecule has 0 aliphatic rings. The summed E-state index contributed by atoms with van der Waals surface area (Å²) in [4.78, 5) is 62.6. The highest BCUT2D eigenvalue weighted by molar-refractivity contribution is 9.10. The second-order valence-corrected chi connectivity index (χ2v) is 5.88. The fourth-order valence-corrected chi connectivity index (χ4v) is 2.24. The van der Waals surface area contributed by atoms with E-state index in [0.29, 0.717) is 0 Å². The van der Waals surface area contributed by atoms with Gasteiger partial charge in [0.15, 0.2) is 0 Å². The minimum atomic E-state index is -1.29. The quantitative estimate of drug-likeness (QED) is 0.393. The van der Waals surface area contributed by atoms with Gasteiger partial charge in [-0.3, -0.25) is 24.2 Å². The molecule has 10 nitrogen and oxygen atoms in total. The Morgan fingerprint density at radius 1 is 1.11 bits per heavy atom. The summed E-state index contributed by atoms with van der Waals surface area (Å²) in [5.41, 5.74) is -1.78. The van der Waals surface area contributed by atoms with Crippen LogP contribution in [0.1, 0.15) is 16.1 Å². The minimum Gasteiger partial charge on any atom is -0.480 e. The summed E-state index contributed by atoms with van der Waals surface area (Å²) in [6, 6.07) is 7.95. The van der Waals surface area contributed by atoms with Crippen molar-refractivity contribution in [1.82, 2.24) is 20.6 Å². The molecule has 2 amide bonds. The third kappa shape index (κ3) is 5.51. The zero-order valence-electron chi connectivity index (χ0n) is 13.5. The van der Waals surface area contributed by atoms with Gasteiger partial charge >= 0.3 is 11.7 Å². The average Bonchev–Trinajstić information content (AvgIpc) is 2.63. The number of rotatable bonds is 6. The van der Waals surface area contributed by atoms with Gasteiger partial charge in [-0.2, -0.15) is 0 Å². The lowest BCUT2D eigenvalue weighted by molar-refractivity contribution is -0.137. The van der Waals surface area contributed by atoms with E-state index in [0.717, 1.165) is 6.08 Å². The van der Waals surface area contributed by atoms with Crippen LogP contribution in [-0.2, 0) is 9.59 Å². The first-order valence-electron chi connectivity index (χ1n) is 7.38. The Balaban J connectivity index is 2.42. The Morgan fingerprint density at radius 3 is 2.41 bits per heavy atom. The van der Waals surface area contributed by atoms with Crippen LogP contribution in [0, 0.1) is 0 Å². The highest BCUT2D eigenvalue weighted by Gasteiger charge is 2.17. The normalized spacial score (nSPS) is 10.9. The molecule has 11 heteroatoms. The minimum absolute atomic E-state index is 0.0837. The Kier molecular flexibility index (Phi) is 6.44. The molecule has 2 rings (SSSR count). The molecule has 0 saturated heterocycles. The van der Waals surface area contributed by atoms with Crippen LogP contribution < -0.4 is 21.9 Å². The van der Waals surface area contributed by atoms with E-state index in [2.05, 4.69) is 31.5 Å². The van der Waals surface area contributed by atoms with E-state index in [-0.39, 0.29) is 21.4 Å². The van der Waals surface area contributed by atoms with Crippen molar-refractivity contribution in [2.75, 3.05) is 6.54 Å². The van der Waals surface area contributed by atoms with Crippen LogP contribution in [0.3, 0.4) is 0 Å². The first-order valence-corrected chi connectivity index (χ1v) is 8.17. The van der Waals surface area contributed by atoms with Crippen LogP contribution >= 0.6 is 15.9 Å². The molecule has 0 radical (unpaired) electrons. The first-order chi connectivity index (χ1) is 12.8. The predicted molar refractivity (Wildman–Crippen MR) is 97.9 cm³/mol. The lowest BCUT2D eigenvalue weighted by Gasteiger charge is -2.10. The van der Waals surface area contributed by atoms with Crippen LogP contribution in [-0.4, -0.2) is 39.4 Å². The monoisotopic (exact) mass is 436 g/mol. The SMILES string of the molecule is O=C(O)CNC(=O)/C(=C\c1[nH]c(=O)[nH]c(=O)c1Br)NC(=O)c1ccccc1. The molecule has 0 aliphatic carbocycles. The summed E-state index contributed by atoms with van der Waals surface area (Å²) in [5.74, 6) is -2.85. The number of aromatic nitrogens is 2. The van der Waals surface area contributed by atoms with E-state index in [4.69, 9.17) is 5.11 Å². The van der Waals surface area contributed by atoms with Gasteiger partial charge in [0.2, 0.25) is 0 Å². The number of amides is 2. The molecular weight excluding hydrogens is 424 g/mol. The number of halogens is 1.